The van der Waals surface area contributed by atoms with E-state index in [2.05, 4.69) is 15.6 Å². The molecule has 2 aromatic rings. The predicted octanol–water partition coefficient (Wildman–Crippen LogP) is 2.27. The molecule has 1 aliphatic heterocycles. The van der Waals surface area contributed by atoms with Crippen LogP contribution in [0.1, 0.15) is 16.8 Å². The number of carbonyl (C=O) groups excluding carboxylic acids is 1. The Hall–Kier alpha value is -2.60. The molecule has 1 atom stereocenters. The molecule has 6 heteroatoms. The number of rotatable bonds is 5. The average Bonchev–Trinajstić information content (AvgIpc) is 3.16. The van der Waals surface area contributed by atoms with Gasteiger partial charge in [0.05, 0.1) is 18.4 Å². The van der Waals surface area contributed by atoms with Gasteiger partial charge in [-0.3, -0.25) is 4.79 Å². The Labute approximate surface area is 141 Å². The molecule has 1 aromatic carbocycles. The lowest BCUT2D eigenvalue weighted by Crippen LogP contribution is -2.38. The van der Waals surface area contributed by atoms with E-state index in [0.29, 0.717) is 17.1 Å². The van der Waals surface area contributed by atoms with Gasteiger partial charge in [-0.05, 0) is 37.2 Å². The van der Waals surface area contributed by atoms with Crippen molar-refractivity contribution in [1.29, 1.82) is 0 Å². The second-order valence-corrected chi connectivity index (χ2v) is 5.79. The zero-order valence-electron chi connectivity index (χ0n) is 14.0. The monoisotopic (exact) mass is 326 g/mol. The highest BCUT2D eigenvalue weighted by molar-refractivity contribution is 5.99. The zero-order valence-corrected chi connectivity index (χ0v) is 14.0. The maximum atomic E-state index is 12.9. The quantitative estimate of drug-likeness (QED) is 0.882. The van der Waals surface area contributed by atoms with E-state index in [1.165, 1.54) is 0 Å². The number of carbonyl (C=O) groups is 1. The van der Waals surface area contributed by atoms with Crippen molar-refractivity contribution in [2.75, 3.05) is 32.6 Å². The fraction of sp³-hybridized carbons (Fsp3) is 0.333. The molecule has 3 rings (SSSR count). The molecule has 126 valence electrons. The lowest BCUT2D eigenvalue weighted by molar-refractivity contribution is 0.0744. The second-order valence-electron chi connectivity index (χ2n) is 5.79. The molecule has 1 saturated heterocycles. The minimum atomic E-state index is -0.0332. The summed E-state index contributed by atoms with van der Waals surface area (Å²) in [6, 6.07) is 11.4. The van der Waals surface area contributed by atoms with Crippen LogP contribution in [0.5, 0.6) is 5.75 Å². The number of nitrogens with zero attached hydrogens (tertiary/aromatic N) is 2. The summed E-state index contributed by atoms with van der Waals surface area (Å²) >= 11 is 0. The van der Waals surface area contributed by atoms with Gasteiger partial charge in [-0.2, -0.15) is 0 Å². The average molecular weight is 326 g/mol. The van der Waals surface area contributed by atoms with Crippen LogP contribution in [-0.4, -0.2) is 49.1 Å². The van der Waals surface area contributed by atoms with Crippen LogP contribution in [0, 0.1) is 0 Å². The Morgan fingerprint density at radius 2 is 2.17 bits per heavy atom. The van der Waals surface area contributed by atoms with Gasteiger partial charge in [-0.15, -0.1) is 0 Å². The van der Waals surface area contributed by atoms with Crippen molar-refractivity contribution in [2.45, 2.75) is 12.5 Å². The minimum Gasteiger partial charge on any atom is -0.495 e. The van der Waals surface area contributed by atoms with E-state index >= 15 is 0 Å². The second kappa shape index (κ2) is 7.31. The number of hydrogen-bond donors (Lipinski definition) is 2. The van der Waals surface area contributed by atoms with Crippen molar-refractivity contribution in [1.82, 2.24) is 15.2 Å². The third-order valence-electron chi connectivity index (χ3n) is 4.30. The number of hydrogen-bond acceptors (Lipinski definition) is 5. The zero-order chi connectivity index (χ0) is 16.9. The number of methoxy groups -OCH3 is 1. The Balaban J connectivity index is 1.86. The lowest BCUT2D eigenvalue weighted by Gasteiger charge is -2.24. The van der Waals surface area contributed by atoms with Crippen LogP contribution in [0.2, 0.25) is 0 Å². The van der Waals surface area contributed by atoms with Crippen LogP contribution in [0.15, 0.2) is 42.6 Å². The number of para-hydroxylation sites is 2. The molecule has 0 unspecified atom stereocenters. The highest BCUT2D eigenvalue weighted by Crippen LogP contribution is 2.28. The van der Waals surface area contributed by atoms with E-state index in [-0.39, 0.29) is 11.9 Å². The van der Waals surface area contributed by atoms with Gasteiger partial charge in [0, 0.05) is 25.8 Å². The Bertz CT molecular complexity index is 714. The van der Waals surface area contributed by atoms with Gasteiger partial charge in [-0.1, -0.05) is 12.1 Å². The van der Waals surface area contributed by atoms with Crippen LogP contribution in [0.3, 0.4) is 0 Å². The fourth-order valence-electron chi connectivity index (χ4n) is 2.88. The fourth-order valence-corrected chi connectivity index (χ4v) is 2.88. The first-order valence-electron chi connectivity index (χ1n) is 8.03. The topological polar surface area (TPSA) is 66.5 Å². The SMILES string of the molecule is COc1ccccc1Nc1ncccc1C(=O)N(C)[C@H]1CCNC1. The van der Waals surface area contributed by atoms with Crippen molar-refractivity contribution >= 4 is 17.4 Å². The van der Waals surface area contributed by atoms with Crippen molar-refractivity contribution < 1.29 is 9.53 Å². The first-order valence-corrected chi connectivity index (χ1v) is 8.03. The van der Waals surface area contributed by atoms with Crippen LogP contribution in [0.4, 0.5) is 11.5 Å². The summed E-state index contributed by atoms with van der Waals surface area (Å²) in [5.74, 6) is 1.20. The molecule has 1 amide bonds. The summed E-state index contributed by atoms with van der Waals surface area (Å²) in [5, 5.41) is 6.51. The van der Waals surface area contributed by atoms with E-state index in [4.69, 9.17) is 4.74 Å². The smallest absolute Gasteiger partial charge is 0.257 e. The van der Waals surface area contributed by atoms with Crippen LogP contribution < -0.4 is 15.4 Å². The van der Waals surface area contributed by atoms with Crippen LogP contribution >= 0.6 is 0 Å². The molecule has 0 aliphatic carbocycles. The van der Waals surface area contributed by atoms with Gasteiger partial charge in [0.15, 0.2) is 0 Å². The number of anilines is 2. The highest BCUT2D eigenvalue weighted by Gasteiger charge is 2.26. The lowest BCUT2D eigenvalue weighted by atomic mass is 10.1. The molecule has 2 N–H and O–H groups in total. The predicted molar refractivity (Wildman–Crippen MR) is 93.9 cm³/mol. The van der Waals surface area contributed by atoms with Gasteiger partial charge >= 0.3 is 0 Å². The van der Waals surface area contributed by atoms with Crippen molar-refractivity contribution in [3.63, 3.8) is 0 Å². The molecule has 0 radical (unpaired) electrons. The normalized spacial score (nSPS) is 16.7. The number of benzene rings is 1. The molecule has 1 aliphatic rings. The number of aromatic nitrogens is 1. The summed E-state index contributed by atoms with van der Waals surface area (Å²) < 4.78 is 5.35. The van der Waals surface area contributed by atoms with Gasteiger partial charge in [-0.25, -0.2) is 4.98 Å². The number of amides is 1. The van der Waals surface area contributed by atoms with Crippen molar-refractivity contribution in [2.24, 2.45) is 0 Å². The third-order valence-corrected chi connectivity index (χ3v) is 4.30. The Morgan fingerprint density at radius 1 is 1.33 bits per heavy atom. The number of pyridine rings is 1. The molecule has 2 heterocycles. The van der Waals surface area contributed by atoms with Crippen molar-refractivity contribution in [3.8, 4) is 5.75 Å². The first-order chi connectivity index (χ1) is 11.7. The Kier molecular flexibility index (Phi) is 4.96. The molecule has 1 fully saturated rings. The molecular formula is C18H22N4O2. The molecule has 0 saturated carbocycles. The van der Waals surface area contributed by atoms with E-state index in [0.717, 1.165) is 25.2 Å². The maximum absolute atomic E-state index is 12.9. The third kappa shape index (κ3) is 3.33. The summed E-state index contributed by atoms with van der Waals surface area (Å²) in [6.45, 7) is 1.78. The van der Waals surface area contributed by atoms with E-state index in [1.807, 2.05) is 31.3 Å². The van der Waals surface area contributed by atoms with Crippen LogP contribution in [-0.2, 0) is 0 Å². The summed E-state index contributed by atoms with van der Waals surface area (Å²) in [6.07, 6.45) is 2.64. The number of nitrogens with one attached hydrogen (secondary N) is 2. The molecule has 24 heavy (non-hydrogen) atoms. The maximum Gasteiger partial charge on any atom is 0.257 e. The summed E-state index contributed by atoms with van der Waals surface area (Å²) in [4.78, 5) is 19.0. The van der Waals surface area contributed by atoms with E-state index in [1.54, 1.807) is 30.3 Å². The largest absolute Gasteiger partial charge is 0.495 e. The van der Waals surface area contributed by atoms with E-state index in [9.17, 15) is 4.79 Å². The standard InChI is InChI=1S/C18H22N4O2/c1-22(13-9-11-19-12-13)18(23)14-6-5-10-20-17(14)21-15-7-3-4-8-16(15)24-2/h3-8,10,13,19H,9,11-12H2,1-2H3,(H,20,21)/t13-/m0/s1. The van der Waals surface area contributed by atoms with E-state index < -0.39 is 0 Å². The summed E-state index contributed by atoms with van der Waals surface area (Å²) in [5.41, 5.74) is 1.33. The molecule has 1 aromatic heterocycles. The molecular weight excluding hydrogens is 304 g/mol. The van der Waals surface area contributed by atoms with Gasteiger partial charge < -0.3 is 20.3 Å². The number of ether oxygens (including phenoxy) is 1. The minimum absolute atomic E-state index is 0.0332. The highest BCUT2D eigenvalue weighted by atomic mass is 16.5. The number of likely N-dealkylation sites (N-methyl/N-ethyl adjacent to an activating group) is 1. The molecule has 0 spiro atoms. The first kappa shape index (κ1) is 16.3. The molecule has 0 bridgehead atoms. The van der Waals surface area contributed by atoms with Gasteiger partial charge in [0.25, 0.3) is 5.91 Å². The Morgan fingerprint density at radius 3 is 2.92 bits per heavy atom. The van der Waals surface area contributed by atoms with Crippen molar-refractivity contribution in [3.05, 3.63) is 48.2 Å². The van der Waals surface area contributed by atoms with Gasteiger partial charge in [0.2, 0.25) is 0 Å². The van der Waals surface area contributed by atoms with Crippen LogP contribution in [0.25, 0.3) is 0 Å². The molecule has 6 nitrogen and oxygen atoms in total. The van der Waals surface area contributed by atoms with Gasteiger partial charge in [0.1, 0.15) is 11.6 Å². The summed E-state index contributed by atoms with van der Waals surface area (Å²) in [7, 11) is 3.46.